The highest BCUT2D eigenvalue weighted by Crippen LogP contribution is 2.31. The molecular weight excluding hydrogens is 480 g/mol. The molecule has 1 aliphatic heterocycles. The van der Waals surface area contributed by atoms with Crippen LogP contribution < -0.4 is 10.2 Å². The Bertz CT molecular complexity index is 920. The van der Waals surface area contributed by atoms with E-state index in [4.69, 9.17) is 0 Å². The van der Waals surface area contributed by atoms with E-state index < -0.39 is 5.54 Å². The molecule has 0 spiro atoms. The highest BCUT2D eigenvalue weighted by Gasteiger charge is 2.43. The van der Waals surface area contributed by atoms with E-state index in [0.29, 0.717) is 18.0 Å². The quantitative estimate of drug-likeness (QED) is 0.324. The fourth-order valence-electron chi connectivity index (χ4n) is 4.02. The maximum absolute atomic E-state index is 13.0. The molecule has 2 aromatic rings. The monoisotopic (exact) mass is 530 g/mol. The van der Waals surface area contributed by atoms with E-state index in [-0.39, 0.29) is 5.91 Å². The fraction of sp³-hybridized carbons (Fsp3) is 0.567. The summed E-state index contributed by atoms with van der Waals surface area (Å²) in [4.78, 5) is 26.4. The van der Waals surface area contributed by atoms with E-state index in [2.05, 4.69) is 37.9 Å². The van der Waals surface area contributed by atoms with Crippen molar-refractivity contribution >= 4 is 29.6 Å². The van der Waals surface area contributed by atoms with E-state index >= 15 is 0 Å². The SMILES string of the molecule is C=CSCc1cc2n(n1)CC(C)(C=O)N(c1ccc(C)cc1)C2=O.CC.CC.CCCC(CCC)NC. The summed E-state index contributed by atoms with van der Waals surface area (Å²) >= 11 is 1.52. The van der Waals surface area contributed by atoms with Gasteiger partial charge in [-0.1, -0.05) is 78.7 Å². The highest BCUT2D eigenvalue weighted by atomic mass is 32.2. The zero-order valence-corrected chi connectivity index (χ0v) is 25.5. The Balaban J connectivity index is 0.000000843. The molecule has 3 rings (SSSR count). The molecule has 208 valence electrons. The summed E-state index contributed by atoms with van der Waals surface area (Å²) in [5.41, 5.74) is 2.17. The third-order valence-corrected chi connectivity index (χ3v) is 6.51. The van der Waals surface area contributed by atoms with Gasteiger partial charge in [0.15, 0.2) is 0 Å². The lowest BCUT2D eigenvalue weighted by Crippen LogP contribution is -2.58. The lowest BCUT2D eigenvalue weighted by molar-refractivity contribution is -0.112. The summed E-state index contributed by atoms with van der Waals surface area (Å²) in [7, 11) is 2.05. The van der Waals surface area contributed by atoms with Crippen LogP contribution in [-0.2, 0) is 17.1 Å². The Kier molecular flexibility index (Phi) is 17.6. The number of anilines is 1. The minimum absolute atomic E-state index is 0.206. The average Bonchev–Trinajstić information content (AvgIpc) is 3.33. The summed E-state index contributed by atoms with van der Waals surface area (Å²) < 4.78 is 1.64. The van der Waals surface area contributed by atoms with E-state index in [1.54, 1.807) is 28.0 Å². The van der Waals surface area contributed by atoms with Crippen molar-refractivity contribution in [3.8, 4) is 0 Å². The number of fused-ring (bicyclic) bond motifs is 1. The number of amides is 1. The Morgan fingerprint density at radius 3 is 2.16 bits per heavy atom. The van der Waals surface area contributed by atoms with Crippen LogP contribution in [0.3, 0.4) is 0 Å². The molecule has 1 aromatic heterocycles. The number of hydrogen-bond donors (Lipinski definition) is 1. The van der Waals surface area contributed by atoms with Crippen molar-refractivity contribution in [3.05, 3.63) is 59.3 Å². The van der Waals surface area contributed by atoms with Gasteiger partial charge in [0.05, 0.1) is 12.2 Å². The molecule has 0 saturated heterocycles. The number of benzene rings is 1. The van der Waals surface area contributed by atoms with Crippen LogP contribution in [0.15, 0.2) is 42.3 Å². The second kappa shape index (κ2) is 18.8. The summed E-state index contributed by atoms with van der Waals surface area (Å²) in [5, 5.41) is 9.51. The maximum Gasteiger partial charge on any atom is 0.277 e. The highest BCUT2D eigenvalue weighted by molar-refractivity contribution is 8.01. The number of carbonyl (C=O) groups is 2. The first-order chi connectivity index (χ1) is 17.8. The Hall–Kier alpha value is -2.38. The summed E-state index contributed by atoms with van der Waals surface area (Å²) in [6.07, 6.45) is 6.07. The molecule has 1 amide bonds. The first-order valence-corrected chi connectivity index (χ1v) is 14.7. The minimum atomic E-state index is -0.964. The molecule has 37 heavy (non-hydrogen) atoms. The molecule has 1 N–H and O–H groups in total. The van der Waals surface area contributed by atoms with Crippen LogP contribution in [0.25, 0.3) is 0 Å². The lowest BCUT2D eigenvalue weighted by atomic mass is 9.97. The second-order valence-corrected chi connectivity index (χ2v) is 9.63. The van der Waals surface area contributed by atoms with E-state index in [0.717, 1.165) is 29.3 Å². The van der Waals surface area contributed by atoms with Gasteiger partial charge in [0, 0.05) is 17.5 Å². The molecule has 1 aromatic carbocycles. The molecule has 6 nitrogen and oxygen atoms in total. The van der Waals surface area contributed by atoms with Crippen LogP contribution in [-0.4, -0.2) is 40.6 Å². The number of nitrogens with zero attached hydrogens (tertiary/aromatic N) is 3. The molecule has 1 unspecified atom stereocenters. The standard InChI is InChI=1S/C18H19N3O2S.C8H19N.2C2H6/c1-4-24-10-14-9-16-17(23)21(15-7-5-13(2)6-8-15)18(3,12-22)11-20(16)19-14;1-4-6-8(9-3)7-5-2;2*1-2/h4-9,12H,1,10-11H2,2-3H3;8-9H,4-7H2,1-3H3;2*1-2H3. The number of hydrogen-bond acceptors (Lipinski definition) is 5. The van der Waals surface area contributed by atoms with Crippen molar-refractivity contribution < 1.29 is 9.59 Å². The first kappa shape index (κ1) is 34.6. The molecule has 7 heteroatoms. The Labute approximate surface area is 230 Å². The van der Waals surface area contributed by atoms with Gasteiger partial charge in [-0.15, -0.1) is 11.8 Å². The van der Waals surface area contributed by atoms with Crippen molar-refractivity contribution in [2.24, 2.45) is 0 Å². The molecule has 0 saturated carbocycles. The van der Waals surface area contributed by atoms with E-state index in [1.807, 2.05) is 58.9 Å². The minimum Gasteiger partial charge on any atom is -0.317 e. The third kappa shape index (κ3) is 10.1. The van der Waals surface area contributed by atoms with Gasteiger partial charge in [-0.2, -0.15) is 5.10 Å². The van der Waals surface area contributed by atoms with Crippen molar-refractivity contribution in [1.29, 1.82) is 0 Å². The van der Waals surface area contributed by atoms with Crippen molar-refractivity contribution in [2.45, 2.75) is 105 Å². The summed E-state index contributed by atoms with van der Waals surface area (Å²) in [6, 6.07) is 10.2. The van der Waals surface area contributed by atoms with Gasteiger partial charge in [0.25, 0.3) is 5.91 Å². The number of aldehydes is 1. The van der Waals surface area contributed by atoms with Gasteiger partial charge in [-0.25, -0.2) is 0 Å². The number of nitrogens with one attached hydrogen (secondary N) is 1. The number of rotatable bonds is 10. The van der Waals surface area contributed by atoms with Gasteiger partial charge in [-0.05, 0) is 57.3 Å². The largest absolute Gasteiger partial charge is 0.317 e. The number of thioether (sulfide) groups is 1. The molecule has 0 radical (unpaired) electrons. The second-order valence-electron chi connectivity index (χ2n) is 8.67. The van der Waals surface area contributed by atoms with Crippen molar-refractivity contribution in [1.82, 2.24) is 15.1 Å². The van der Waals surface area contributed by atoms with E-state index in [1.165, 1.54) is 37.4 Å². The summed E-state index contributed by atoms with van der Waals surface area (Å²) in [5.74, 6) is 0.445. The molecule has 2 heterocycles. The van der Waals surface area contributed by atoms with Gasteiger partial charge in [0.1, 0.15) is 17.5 Å². The smallest absolute Gasteiger partial charge is 0.277 e. The predicted molar refractivity (Wildman–Crippen MR) is 162 cm³/mol. The number of aryl methyl sites for hydroxylation is 1. The normalized spacial score (nSPS) is 15.8. The topological polar surface area (TPSA) is 67.2 Å². The van der Waals surface area contributed by atoms with Crippen LogP contribution >= 0.6 is 11.8 Å². The van der Waals surface area contributed by atoms with Crippen LogP contribution in [0.2, 0.25) is 0 Å². The fourth-order valence-corrected chi connectivity index (χ4v) is 4.45. The zero-order valence-electron chi connectivity index (χ0n) is 24.6. The zero-order chi connectivity index (χ0) is 28.4. The molecule has 0 fully saturated rings. The molecule has 0 aliphatic carbocycles. The van der Waals surface area contributed by atoms with Crippen LogP contribution in [0.1, 0.15) is 95.9 Å². The number of carbonyl (C=O) groups excluding carboxylic acids is 2. The number of aromatic nitrogens is 2. The average molecular weight is 531 g/mol. The van der Waals surface area contributed by atoms with Crippen LogP contribution in [0, 0.1) is 6.92 Å². The van der Waals surface area contributed by atoms with Crippen LogP contribution in [0.5, 0.6) is 0 Å². The van der Waals surface area contributed by atoms with Crippen molar-refractivity contribution in [3.63, 3.8) is 0 Å². The Morgan fingerprint density at radius 2 is 1.70 bits per heavy atom. The molecule has 1 aliphatic rings. The maximum atomic E-state index is 13.0. The lowest BCUT2D eigenvalue weighted by Gasteiger charge is -2.40. The Morgan fingerprint density at radius 1 is 1.14 bits per heavy atom. The van der Waals surface area contributed by atoms with Crippen LogP contribution in [0.4, 0.5) is 5.69 Å². The summed E-state index contributed by atoms with van der Waals surface area (Å²) in [6.45, 7) is 20.2. The third-order valence-electron chi connectivity index (χ3n) is 5.81. The first-order valence-electron chi connectivity index (χ1n) is 13.7. The van der Waals surface area contributed by atoms with E-state index in [9.17, 15) is 9.59 Å². The van der Waals surface area contributed by atoms with Gasteiger partial charge < -0.3 is 10.1 Å². The van der Waals surface area contributed by atoms with Gasteiger partial charge >= 0.3 is 0 Å². The predicted octanol–water partition coefficient (Wildman–Crippen LogP) is 7.41. The van der Waals surface area contributed by atoms with Gasteiger partial charge in [0.2, 0.25) is 0 Å². The van der Waals surface area contributed by atoms with Crippen molar-refractivity contribution in [2.75, 3.05) is 11.9 Å². The molecular formula is C30H50N4O2S. The molecule has 1 atom stereocenters. The van der Waals surface area contributed by atoms with Gasteiger partial charge in [-0.3, -0.25) is 14.4 Å². The molecule has 0 bridgehead atoms.